The number of aromatic nitrogens is 1. The molecule has 0 aliphatic heterocycles. The summed E-state index contributed by atoms with van der Waals surface area (Å²) in [6.45, 7) is 9.59. The van der Waals surface area contributed by atoms with Gasteiger partial charge in [-0.2, -0.15) is 0 Å². The predicted octanol–water partition coefficient (Wildman–Crippen LogP) is 9.00. The molecule has 0 saturated heterocycles. The van der Waals surface area contributed by atoms with Crippen molar-refractivity contribution in [3.63, 3.8) is 0 Å². The number of aliphatic hydroxyl groups excluding tert-OH is 1. The van der Waals surface area contributed by atoms with E-state index in [9.17, 15) is 4.79 Å². The summed E-state index contributed by atoms with van der Waals surface area (Å²) >= 11 is 0. The van der Waals surface area contributed by atoms with Crippen molar-refractivity contribution >= 4 is 16.6 Å². The Morgan fingerprint density at radius 1 is 1.14 bits per heavy atom. The molecule has 1 aliphatic rings. The number of rotatable bonds is 6. The molecule has 0 amide bonds. The van der Waals surface area contributed by atoms with Gasteiger partial charge in [-0.3, -0.25) is 4.79 Å². The Bertz CT molecular complexity index is 1170. The van der Waals surface area contributed by atoms with Gasteiger partial charge in [0.25, 0.3) is 0 Å². The second kappa shape index (κ2) is 14.4. The van der Waals surface area contributed by atoms with Gasteiger partial charge in [0, 0.05) is 32.4 Å². The molecule has 3 nitrogen and oxygen atoms in total. The van der Waals surface area contributed by atoms with Gasteiger partial charge in [0.15, 0.2) is 5.78 Å². The zero-order valence-electron chi connectivity index (χ0n) is 22.4. The maximum atomic E-state index is 10.0. The molecular formula is C32H40IrNO2-. The first kappa shape index (κ1) is 29.9. The second-order valence-corrected chi connectivity index (χ2v) is 10.1. The van der Waals surface area contributed by atoms with Crippen LogP contribution in [-0.4, -0.2) is 15.9 Å². The van der Waals surface area contributed by atoms with E-state index in [1.54, 1.807) is 0 Å². The number of aryl methyl sites for hydroxylation is 1. The minimum Gasteiger partial charge on any atom is -0.512 e. The molecule has 4 rings (SSSR count). The van der Waals surface area contributed by atoms with Crippen LogP contribution < -0.4 is 0 Å². The van der Waals surface area contributed by atoms with Crippen molar-refractivity contribution in [2.24, 2.45) is 0 Å². The first-order valence-electron chi connectivity index (χ1n) is 13.1. The van der Waals surface area contributed by atoms with Crippen LogP contribution in [-0.2, 0) is 24.9 Å². The summed E-state index contributed by atoms with van der Waals surface area (Å²) in [7, 11) is 0. The van der Waals surface area contributed by atoms with Gasteiger partial charge in [-0.15, -0.1) is 34.9 Å². The molecule has 1 unspecified atom stereocenters. The molecule has 36 heavy (non-hydrogen) atoms. The van der Waals surface area contributed by atoms with Crippen LogP contribution in [0.5, 0.6) is 0 Å². The fraction of sp³-hybridized carbons (Fsp3) is 0.438. The number of carbonyl (C=O) groups is 1. The summed E-state index contributed by atoms with van der Waals surface area (Å²) in [5.41, 5.74) is 6.32. The van der Waals surface area contributed by atoms with Gasteiger partial charge in [-0.25, -0.2) is 0 Å². The summed E-state index contributed by atoms with van der Waals surface area (Å²) in [5, 5.41) is 10.9. The van der Waals surface area contributed by atoms with Crippen LogP contribution in [0.15, 0.2) is 54.4 Å². The topological polar surface area (TPSA) is 50.2 Å². The van der Waals surface area contributed by atoms with E-state index in [0.717, 1.165) is 17.2 Å². The minimum absolute atomic E-state index is 0. The van der Waals surface area contributed by atoms with Gasteiger partial charge in [-0.05, 0) is 73.0 Å². The predicted molar refractivity (Wildman–Crippen MR) is 147 cm³/mol. The zero-order valence-corrected chi connectivity index (χ0v) is 24.8. The van der Waals surface area contributed by atoms with E-state index in [-0.39, 0.29) is 31.6 Å². The van der Waals surface area contributed by atoms with Gasteiger partial charge < -0.3 is 10.1 Å². The van der Waals surface area contributed by atoms with Crippen molar-refractivity contribution in [2.45, 2.75) is 91.4 Å². The Hall–Kier alpha value is -2.29. The normalized spacial score (nSPS) is 15.0. The zero-order chi connectivity index (χ0) is 25.4. The summed E-state index contributed by atoms with van der Waals surface area (Å²) in [6, 6.07) is 17.4. The number of pyridine rings is 1. The summed E-state index contributed by atoms with van der Waals surface area (Å²) in [5.74, 6) is 1.25. The van der Waals surface area contributed by atoms with Crippen molar-refractivity contribution < 1.29 is 30.0 Å². The van der Waals surface area contributed by atoms with Gasteiger partial charge in [0.2, 0.25) is 0 Å². The fourth-order valence-corrected chi connectivity index (χ4v) is 5.15. The van der Waals surface area contributed by atoms with E-state index in [4.69, 9.17) is 10.1 Å². The Kier molecular flexibility index (Phi) is 12.0. The third kappa shape index (κ3) is 8.39. The summed E-state index contributed by atoms with van der Waals surface area (Å²) in [4.78, 5) is 14.8. The monoisotopic (exact) mass is 663 g/mol. The number of hydrogen-bond acceptors (Lipinski definition) is 3. The number of carbonyl (C=O) groups excluding carboxylic acids is 1. The number of aliphatic hydroxyl groups is 1. The van der Waals surface area contributed by atoms with E-state index in [1.165, 1.54) is 92.3 Å². The van der Waals surface area contributed by atoms with Crippen LogP contribution in [0.25, 0.3) is 22.0 Å². The molecule has 1 saturated carbocycles. The minimum atomic E-state index is -0.125. The second-order valence-electron chi connectivity index (χ2n) is 10.1. The smallest absolute Gasteiger partial charge is 0.155 e. The van der Waals surface area contributed by atoms with Crippen molar-refractivity contribution in [1.29, 1.82) is 0 Å². The SMILES string of the molecule is CC(=O)/C=C(/C)O.CCCC(C)c1cc(C)[c-]c(-c2nccc3cc(C4CCCCC4)ccc23)c1.[Ir]. The number of hydrogen-bond donors (Lipinski definition) is 1. The Morgan fingerprint density at radius 2 is 1.86 bits per heavy atom. The third-order valence-corrected chi connectivity index (χ3v) is 6.85. The van der Waals surface area contributed by atoms with E-state index < -0.39 is 0 Å². The van der Waals surface area contributed by atoms with Crippen molar-refractivity contribution in [1.82, 2.24) is 4.98 Å². The van der Waals surface area contributed by atoms with E-state index in [2.05, 4.69) is 63.2 Å². The van der Waals surface area contributed by atoms with Crippen molar-refractivity contribution in [2.75, 3.05) is 0 Å². The van der Waals surface area contributed by atoms with Gasteiger partial charge >= 0.3 is 0 Å². The Morgan fingerprint density at radius 3 is 2.47 bits per heavy atom. The number of nitrogens with zero attached hydrogens (tertiary/aromatic N) is 1. The van der Waals surface area contributed by atoms with Crippen LogP contribution in [0, 0.1) is 13.0 Å². The van der Waals surface area contributed by atoms with Crippen LogP contribution in [0.2, 0.25) is 0 Å². The number of ketones is 1. The largest absolute Gasteiger partial charge is 0.512 e. The van der Waals surface area contributed by atoms with Crippen LogP contribution in [0.4, 0.5) is 0 Å². The Labute approximate surface area is 230 Å². The summed E-state index contributed by atoms with van der Waals surface area (Å²) < 4.78 is 0. The van der Waals surface area contributed by atoms with Crippen molar-refractivity contribution in [3.8, 4) is 11.3 Å². The Balaban J connectivity index is 0.000000503. The maximum absolute atomic E-state index is 10.0. The van der Waals surface area contributed by atoms with Gasteiger partial charge in [0.05, 0.1) is 5.76 Å². The number of fused-ring (bicyclic) bond motifs is 1. The standard InChI is InChI=1S/C27H32N.C5H8O2.Ir/c1-4-8-20(3)24-15-19(2)16-25(18-24)27-26-12-11-22(17-23(26)13-14-28-27)21-9-6-5-7-10-21;1-4(6)3-5(2)7;/h11-15,17-18,20-21H,4-10H2,1-3H3;3,6H,1-2H3;/q-1;;/b;4-3-;. The summed E-state index contributed by atoms with van der Waals surface area (Å²) in [6.07, 6.45) is 12.4. The fourth-order valence-electron chi connectivity index (χ4n) is 5.15. The molecule has 0 spiro atoms. The number of benzene rings is 2. The number of allylic oxidation sites excluding steroid dienone is 2. The first-order chi connectivity index (χ1) is 16.8. The molecule has 1 aliphatic carbocycles. The van der Waals surface area contributed by atoms with Crippen LogP contribution in [0.3, 0.4) is 0 Å². The molecular weight excluding hydrogens is 623 g/mol. The van der Waals surface area contributed by atoms with Crippen LogP contribution in [0.1, 0.15) is 101 Å². The molecule has 1 atom stereocenters. The van der Waals surface area contributed by atoms with Crippen LogP contribution >= 0.6 is 0 Å². The molecule has 195 valence electrons. The van der Waals surface area contributed by atoms with Gasteiger partial charge in [-0.1, -0.05) is 64.7 Å². The maximum Gasteiger partial charge on any atom is 0.155 e. The molecule has 2 aromatic carbocycles. The van der Waals surface area contributed by atoms with E-state index >= 15 is 0 Å². The molecule has 1 radical (unpaired) electrons. The molecule has 0 bridgehead atoms. The molecule has 1 aromatic heterocycles. The van der Waals surface area contributed by atoms with E-state index in [1.807, 2.05) is 6.20 Å². The molecule has 1 N–H and O–H groups in total. The van der Waals surface area contributed by atoms with E-state index in [0.29, 0.717) is 5.92 Å². The average Bonchev–Trinajstić information content (AvgIpc) is 2.83. The van der Waals surface area contributed by atoms with Crippen molar-refractivity contribution in [3.05, 3.63) is 77.2 Å². The molecule has 4 heteroatoms. The quantitative estimate of drug-likeness (QED) is 0.163. The molecule has 3 aromatic rings. The first-order valence-corrected chi connectivity index (χ1v) is 13.1. The molecule has 1 heterocycles. The third-order valence-electron chi connectivity index (χ3n) is 6.85. The average molecular weight is 663 g/mol. The molecule has 1 fully saturated rings. The van der Waals surface area contributed by atoms with Gasteiger partial charge in [0.1, 0.15) is 0 Å².